The Morgan fingerprint density at radius 2 is 1.96 bits per heavy atom. The van der Waals surface area contributed by atoms with Crippen LogP contribution in [0, 0.1) is 6.92 Å². The minimum atomic E-state index is -0.574. The third-order valence-electron chi connectivity index (χ3n) is 3.81. The van der Waals surface area contributed by atoms with E-state index in [4.69, 9.17) is 14.2 Å². The third kappa shape index (κ3) is 3.28. The number of hydrogen-bond acceptors (Lipinski definition) is 7. The van der Waals surface area contributed by atoms with E-state index in [-0.39, 0.29) is 29.7 Å². The van der Waals surface area contributed by atoms with Crippen LogP contribution in [0.5, 0.6) is 11.5 Å². The maximum absolute atomic E-state index is 12.6. The maximum Gasteiger partial charge on any atom is 0.341 e. The molecule has 8 heteroatoms. The van der Waals surface area contributed by atoms with Gasteiger partial charge in [-0.05, 0) is 44.5 Å². The molecule has 0 saturated heterocycles. The summed E-state index contributed by atoms with van der Waals surface area (Å²) >= 11 is 1.06. The van der Waals surface area contributed by atoms with Gasteiger partial charge in [0.15, 0.2) is 17.3 Å². The lowest BCUT2D eigenvalue weighted by molar-refractivity contribution is 0.0527. The summed E-state index contributed by atoms with van der Waals surface area (Å²) in [4.78, 5) is 37.1. The number of nitrogens with one attached hydrogen (secondary N) is 1. The molecule has 0 atom stereocenters. The lowest BCUT2D eigenvalue weighted by Gasteiger charge is -2.07. The lowest BCUT2D eigenvalue weighted by Crippen LogP contribution is -2.14. The number of anilines is 1. The molecule has 1 amide bonds. The molecule has 1 N–H and O–H groups in total. The van der Waals surface area contributed by atoms with E-state index in [9.17, 15) is 14.4 Å². The summed E-state index contributed by atoms with van der Waals surface area (Å²) < 4.78 is 15.6. The molecule has 0 spiro atoms. The lowest BCUT2D eigenvalue weighted by atomic mass is 10.1. The molecule has 7 nitrogen and oxygen atoms in total. The number of rotatable bonds is 5. The molecule has 1 aromatic carbocycles. The monoisotopic (exact) mass is 375 g/mol. The Hall–Kier alpha value is -2.87. The molecule has 0 aliphatic carbocycles. The fourth-order valence-electron chi connectivity index (χ4n) is 2.60. The molecular formula is C18H17NO6S. The molecule has 136 valence electrons. The SMILES string of the molecule is CCOC(=O)c1c(NC(=O)c2ccc3c(c2)OCO3)sc(C(C)=O)c1C. The van der Waals surface area contributed by atoms with Crippen molar-refractivity contribution >= 4 is 34.0 Å². The topological polar surface area (TPSA) is 90.9 Å². The summed E-state index contributed by atoms with van der Waals surface area (Å²) in [6.07, 6.45) is 0. The second kappa shape index (κ2) is 7.17. The summed E-state index contributed by atoms with van der Waals surface area (Å²) in [6.45, 7) is 5.07. The number of thiophene rings is 1. The highest BCUT2D eigenvalue weighted by molar-refractivity contribution is 7.18. The van der Waals surface area contributed by atoms with E-state index in [1.54, 1.807) is 32.0 Å². The van der Waals surface area contributed by atoms with Gasteiger partial charge in [0.1, 0.15) is 5.00 Å². The Labute approximate surface area is 153 Å². The van der Waals surface area contributed by atoms with Gasteiger partial charge in [-0.15, -0.1) is 11.3 Å². The predicted octanol–water partition coefficient (Wildman–Crippen LogP) is 3.42. The van der Waals surface area contributed by atoms with Gasteiger partial charge in [0.25, 0.3) is 5.91 Å². The van der Waals surface area contributed by atoms with Crippen molar-refractivity contribution in [3.8, 4) is 11.5 Å². The first kappa shape index (κ1) is 17.9. The normalized spacial score (nSPS) is 12.0. The van der Waals surface area contributed by atoms with Crippen LogP contribution in [0.3, 0.4) is 0 Å². The number of benzene rings is 1. The van der Waals surface area contributed by atoms with Crippen LogP contribution in [-0.2, 0) is 4.74 Å². The van der Waals surface area contributed by atoms with Crippen LogP contribution in [0.2, 0.25) is 0 Å². The van der Waals surface area contributed by atoms with Gasteiger partial charge >= 0.3 is 5.97 Å². The molecule has 26 heavy (non-hydrogen) atoms. The average Bonchev–Trinajstić information content (AvgIpc) is 3.18. The van der Waals surface area contributed by atoms with Gasteiger partial charge < -0.3 is 19.5 Å². The summed E-state index contributed by atoms with van der Waals surface area (Å²) in [5.41, 5.74) is 1.05. The second-order valence-corrected chi connectivity index (χ2v) is 6.58. The van der Waals surface area contributed by atoms with Crippen LogP contribution in [0.1, 0.15) is 49.8 Å². The van der Waals surface area contributed by atoms with Gasteiger partial charge in [0.05, 0.1) is 17.0 Å². The van der Waals surface area contributed by atoms with Gasteiger partial charge in [-0.3, -0.25) is 9.59 Å². The number of fused-ring (bicyclic) bond motifs is 1. The quantitative estimate of drug-likeness (QED) is 0.636. The highest BCUT2D eigenvalue weighted by Gasteiger charge is 2.26. The van der Waals surface area contributed by atoms with Crippen molar-refractivity contribution < 1.29 is 28.6 Å². The van der Waals surface area contributed by atoms with E-state index < -0.39 is 11.9 Å². The summed E-state index contributed by atoms with van der Waals surface area (Å²) in [5, 5.41) is 2.99. The second-order valence-electron chi connectivity index (χ2n) is 5.56. The van der Waals surface area contributed by atoms with Gasteiger partial charge in [-0.1, -0.05) is 0 Å². The van der Waals surface area contributed by atoms with Crippen molar-refractivity contribution in [2.24, 2.45) is 0 Å². The molecule has 0 fully saturated rings. The van der Waals surface area contributed by atoms with E-state index in [0.29, 0.717) is 27.5 Å². The molecule has 0 unspecified atom stereocenters. The van der Waals surface area contributed by atoms with Crippen LogP contribution < -0.4 is 14.8 Å². The zero-order chi connectivity index (χ0) is 18.8. The Balaban J connectivity index is 1.93. The molecule has 3 rings (SSSR count). The van der Waals surface area contributed by atoms with Crippen molar-refractivity contribution in [3.05, 3.63) is 39.8 Å². The average molecular weight is 375 g/mol. The largest absolute Gasteiger partial charge is 0.462 e. The Kier molecular flexibility index (Phi) is 4.94. The number of hydrogen-bond donors (Lipinski definition) is 1. The molecule has 0 bridgehead atoms. The van der Waals surface area contributed by atoms with E-state index in [1.807, 2.05) is 0 Å². The number of ketones is 1. The van der Waals surface area contributed by atoms with Crippen LogP contribution >= 0.6 is 11.3 Å². The zero-order valence-electron chi connectivity index (χ0n) is 14.5. The molecule has 1 aliphatic heterocycles. The highest BCUT2D eigenvalue weighted by Crippen LogP contribution is 2.36. The van der Waals surface area contributed by atoms with Crippen molar-refractivity contribution in [1.82, 2.24) is 0 Å². The Morgan fingerprint density at radius 3 is 2.65 bits per heavy atom. The molecule has 2 heterocycles. The summed E-state index contributed by atoms with van der Waals surface area (Å²) in [6, 6.07) is 4.80. The number of esters is 1. The standard InChI is InChI=1S/C18H17NO6S/c1-4-23-18(22)14-9(2)15(10(3)20)26-17(14)19-16(21)11-5-6-12-13(7-11)25-8-24-12/h5-7H,4,8H2,1-3H3,(H,19,21). The summed E-state index contributed by atoms with van der Waals surface area (Å²) in [7, 11) is 0. The zero-order valence-corrected chi connectivity index (χ0v) is 15.3. The molecule has 2 aromatic rings. The minimum absolute atomic E-state index is 0.111. The fraction of sp³-hybridized carbons (Fsp3) is 0.278. The first-order valence-electron chi connectivity index (χ1n) is 7.94. The van der Waals surface area contributed by atoms with Gasteiger partial charge in [0.2, 0.25) is 6.79 Å². The molecule has 0 radical (unpaired) electrons. The van der Waals surface area contributed by atoms with Crippen LogP contribution in [-0.4, -0.2) is 31.1 Å². The van der Waals surface area contributed by atoms with E-state index >= 15 is 0 Å². The molecule has 1 aliphatic rings. The number of Topliss-reactive ketones (excluding diaryl/α,β-unsaturated/α-hetero) is 1. The Morgan fingerprint density at radius 1 is 1.23 bits per heavy atom. The smallest absolute Gasteiger partial charge is 0.341 e. The van der Waals surface area contributed by atoms with Crippen molar-refractivity contribution in [1.29, 1.82) is 0 Å². The van der Waals surface area contributed by atoms with Crippen molar-refractivity contribution in [2.45, 2.75) is 20.8 Å². The van der Waals surface area contributed by atoms with E-state index in [2.05, 4.69) is 5.32 Å². The highest BCUT2D eigenvalue weighted by atomic mass is 32.1. The van der Waals surface area contributed by atoms with Gasteiger partial charge in [-0.25, -0.2) is 4.79 Å². The van der Waals surface area contributed by atoms with Crippen LogP contribution in [0.25, 0.3) is 0 Å². The number of ether oxygens (including phenoxy) is 3. The number of carbonyl (C=O) groups is 3. The molecule has 0 saturated carbocycles. The van der Waals surface area contributed by atoms with Crippen molar-refractivity contribution in [3.63, 3.8) is 0 Å². The van der Waals surface area contributed by atoms with Crippen LogP contribution in [0.4, 0.5) is 5.00 Å². The molecule has 1 aromatic heterocycles. The summed E-state index contributed by atoms with van der Waals surface area (Å²) in [5.74, 6) is -0.129. The minimum Gasteiger partial charge on any atom is -0.462 e. The fourth-order valence-corrected chi connectivity index (χ4v) is 3.68. The number of amides is 1. The van der Waals surface area contributed by atoms with Gasteiger partial charge in [0, 0.05) is 5.56 Å². The maximum atomic E-state index is 12.6. The third-order valence-corrected chi connectivity index (χ3v) is 5.12. The van der Waals surface area contributed by atoms with Gasteiger partial charge in [-0.2, -0.15) is 0 Å². The first-order valence-corrected chi connectivity index (χ1v) is 8.76. The van der Waals surface area contributed by atoms with Crippen LogP contribution in [0.15, 0.2) is 18.2 Å². The number of carbonyl (C=O) groups excluding carboxylic acids is 3. The van der Waals surface area contributed by atoms with Crippen molar-refractivity contribution in [2.75, 3.05) is 18.7 Å². The first-order chi connectivity index (χ1) is 12.4. The van der Waals surface area contributed by atoms with E-state index in [0.717, 1.165) is 11.3 Å². The Bertz CT molecular complexity index is 901. The van der Waals surface area contributed by atoms with E-state index in [1.165, 1.54) is 6.92 Å². The molecular weight excluding hydrogens is 358 g/mol. The predicted molar refractivity (Wildman–Crippen MR) is 95.5 cm³/mol.